The van der Waals surface area contributed by atoms with Crippen molar-refractivity contribution in [1.29, 1.82) is 0 Å². The Kier molecular flexibility index (Phi) is 4.08. The topological polar surface area (TPSA) is 66.8 Å². The Morgan fingerprint density at radius 2 is 2.19 bits per heavy atom. The highest BCUT2D eigenvalue weighted by Crippen LogP contribution is 2.28. The number of nitrogens with one attached hydrogen (secondary N) is 1. The molecule has 0 unspecified atom stereocenters. The number of carbonyl (C=O) groups is 1. The van der Waals surface area contributed by atoms with Gasteiger partial charge in [-0.15, -0.1) is 0 Å². The molecule has 10 heteroatoms. The van der Waals surface area contributed by atoms with E-state index in [2.05, 4.69) is 26.1 Å². The Labute approximate surface area is 126 Å². The molecule has 0 fully saturated rings. The van der Waals surface area contributed by atoms with E-state index < -0.39 is 17.8 Å². The first-order chi connectivity index (χ1) is 9.70. The summed E-state index contributed by atoms with van der Waals surface area (Å²) in [5.74, 6) is -0.616. The number of aromatic nitrogens is 4. The molecule has 2 aromatic heterocycles. The highest BCUT2D eigenvalue weighted by molar-refractivity contribution is 9.10. The van der Waals surface area contributed by atoms with Crippen molar-refractivity contribution >= 4 is 21.8 Å². The van der Waals surface area contributed by atoms with Crippen LogP contribution >= 0.6 is 15.9 Å². The van der Waals surface area contributed by atoms with Gasteiger partial charge >= 0.3 is 6.18 Å². The second-order valence-electron chi connectivity index (χ2n) is 4.39. The van der Waals surface area contributed by atoms with Gasteiger partial charge in [-0.1, -0.05) is 0 Å². The van der Waals surface area contributed by atoms with E-state index in [-0.39, 0.29) is 12.2 Å². The summed E-state index contributed by atoms with van der Waals surface area (Å²) in [6.45, 7) is 0.185. The third-order valence-electron chi connectivity index (χ3n) is 2.85. The van der Waals surface area contributed by atoms with Crippen molar-refractivity contribution in [3.05, 3.63) is 33.8 Å². The summed E-state index contributed by atoms with van der Waals surface area (Å²) >= 11 is 3.29. The van der Waals surface area contributed by atoms with Crippen LogP contribution in [0, 0.1) is 0 Å². The van der Waals surface area contributed by atoms with E-state index >= 15 is 0 Å². The fraction of sp³-hybridized carbons (Fsp3) is 0.364. The minimum Gasteiger partial charge on any atom is -0.334 e. The fourth-order valence-electron chi connectivity index (χ4n) is 1.68. The van der Waals surface area contributed by atoms with Gasteiger partial charge in [-0.25, -0.2) is 0 Å². The van der Waals surface area contributed by atoms with Crippen molar-refractivity contribution in [1.82, 2.24) is 24.9 Å². The summed E-state index contributed by atoms with van der Waals surface area (Å²) in [5, 5.41) is 9.22. The van der Waals surface area contributed by atoms with E-state index in [0.717, 1.165) is 5.69 Å². The number of aryl methyl sites for hydroxylation is 1. The molecular formula is C11H11BrF3N5O. The highest BCUT2D eigenvalue weighted by atomic mass is 79.9. The van der Waals surface area contributed by atoms with Gasteiger partial charge in [0, 0.05) is 20.2 Å². The summed E-state index contributed by atoms with van der Waals surface area (Å²) in [7, 11) is 3.18. The minimum atomic E-state index is -4.56. The van der Waals surface area contributed by atoms with Crippen LogP contribution in [-0.2, 0) is 19.8 Å². The first-order valence-electron chi connectivity index (χ1n) is 5.74. The number of hydrogen-bond donors (Lipinski definition) is 1. The maximum Gasteiger partial charge on any atom is 0.432 e. The van der Waals surface area contributed by atoms with Gasteiger partial charge in [0.15, 0.2) is 5.69 Å². The number of alkyl halides is 3. The van der Waals surface area contributed by atoms with Crippen molar-refractivity contribution in [2.75, 3.05) is 7.05 Å². The Morgan fingerprint density at radius 1 is 1.52 bits per heavy atom. The molecule has 0 saturated carbocycles. The average molecular weight is 366 g/mol. The SMILES string of the molecule is CN(Cc1c(Br)cnn1C)C(=O)c1cc(C(F)(F)F)[nH]n1. The van der Waals surface area contributed by atoms with Crippen LogP contribution < -0.4 is 0 Å². The van der Waals surface area contributed by atoms with Crippen molar-refractivity contribution in [3.8, 4) is 0 Å². The van der Waals surface area contributed by atoms with Gasteiger partial charge in [-0.05, 0) is 15.9 Å². The maximum absolute atomic E-state index is 12.5. The number of H-pyrrole nitrogens is 1. The summed E-state index contributed by atoms with van der Waals surface area (Å²) in [4.78, 5) is 13.3. The Hall–Kier alpha value is -1.84. The maximum atomic E-state index is 12.5. The number of nitrogens with zero attached hydrogens (tertiary/aromatic N) is 4. The molecule has 0 atom stereocenters. The van der Waals surface area contributed by atoms with Crippen molar-refractivity contribution in [3.63, 3.8) is 0 Å². The van der Waals surface area contributed by atoms with Gasteiger partial charge in [-0.2, -0.15) is 23.4 Å². The monoisotopic (exact) mass is 365 g/mol. The minimum absolute atomic E-state index is 0.185. The van der Waals surface area contributed by atoms with Crippen LogP contribution in [-0.4, -0.2) is 37.8 Å². The molecule has 1 N–H and O–H groups in total. The van der Waals surface area contributed by atoms with Crippen LogP contribution in [0.15, 0.2) is 16.7 Å². The van der Waals surface area contributed by atoms with Gasteiger partial charge < -0.3 is 4.90 Å². The molecule has 0 saturated heterocycles. The van der Waals surface area contributed by atoms with Crippen LogP contribution in [0.5, 0.6) is 0 Å². The predicted molar refractivity (Wildman–Crippen MR) is 70.3 cm³/mol. The van der Waals surface area contributed by atoms with E-state index in [4.69, 9.17) is 0 Å². The first kappa shape index (κ1) is 15.5. The van der Waals surface area contributed by atoms with Gasteiger partial charge in [0.25, 0.3) is 5.91 Å². The van der Waals surface area contributed by atoms with Crippen LogP contribution in [0.25, 0.3) is 0 Å². The van der Waals surface area contributed by atoms with Gasteiger partial charge in [0.1, 0.15) is 5.69 Å². The lowest BCUT2D eigenvalue weighted by atomic mass is 10.3. The van der Waals surface area contributed by atoms with Crippen LogP contribution in [0.4, 0.5) is 13.2 Å². The van der Waals surface area contributed by atoms with E-state index in [1.165, 1.54) is 11.9 Å². The third kappa shape index (κ3) is 3.26. The zero-order valence-electron chi connectivity index (χ0n) is 11.1. The lowest BCUT2D eigenvalue weighted by Gasteiger charge is -2.16. The smallest absolute Gasteiger partial charge is 0.334 e. The largest absolute Gasteiger partial charge is 0.432 e. The van der Waals surface area contributed by atoms with E-state index in [0.29, 0.717) is 10.5 Å². The molecule has 1 amide bonds. The fourth-order valence-corrected chi connectivity index (χ4v) is 2.16. The number of carbonyl (C=O) groups excluding carboxylic acids is 1. The second kappa shape index (κ2) is 5.51. The van der Waals surface area contributed by atoms with Crippen LogP contribution in [0.1, 0.15) is 21.9 Å². The molecule has 6 nitrogen and oxygen atoms in total. The molecule has 0 aliphatic carbocycles. The highest BCUT2D eigenvalue weighted by Gasteiger charge is 2.34. The van der Waals surface area contributed by atoms with E-state index in [9.17, 15) is 18.0 Å². The lowest BCUT2D eigenvalue weighted by molar-refractivity contribution is -0.141. The quantitative estimate of drug-likeness (QED) is 0.906. The Bertz CT molecular complexity index is 644. The van der Waals surface area contributed by atoms with Crippen molar-refractivity contribution in [2.24, 2.45) is 7.05 Å². The summed E-state index contributed by atoms with van der Waals surface area (Å²) in [5.41, 5.74) is -0.624. The summed E-state index contributed by atoms with van der Waals surface area (Å²) in [6.07, 6.45) is -2.99. The van der Waals surface area contributed by atoms with Crippen LogP contribution in [0.2, 0.25) is 0 Å². The number of hydrogen-bond acceptors (Lipinski definition) is 3. The standard InChI is InChI=1S/C11H11BrF3N5O/c1-19(5-8-6(12)4-16-20(8)2)10(21)7-3-9(18-17-7)11(13,14)15/h3-4H,5H2,1-2H3,(H,17,18). The lowest BCUT2D eigenvalue weighted by Crippen LogP contribution is -2.27. The zero-order chi connectivity index (χ0) is 15.8. The molecule has 114 valence electrons. The van der Waals surface area contributed by atoms with Crippen LogP contribution in [0.3, 0.4) is 0 Å². The second-order valence-corrected chi connectivity index (χ2v) is 5.24. The molecule has 0 bridgehead atoms. The molecular weight excluding hydrogens is 355 g/mol. The van der Waals surface area contributed by atoms with E-state index in [1.807, 2.05) is 5.10 Å². The molecule has 0 aliphatic heterocycles. The molecule has 21 heavy (non-hydrogen) atoms. The molecule has 2 rings (SSSR count). The zero-order valence-corrected chi connectivity index (χ0v) is 12.7. The molecule has 0 aromatic carbocycles. The molecule has 2 aromatic rings. The van der Waals surface area contributed by atoms with Crippen molar-refractivity contribution < 1.29 is 18.0 Å². The number of amides is 1. The van der Waals surface area contributed by atoms with E-state index in [1.54, 1.807) is 17.9 Å². The van der Waals surface area contributed by atoms with Gasteiger partial charge in [0.2, 0.25) is 0 Å². The summed E-state index contributed by atoms with van der Waals surface area (Å²) < 4.78 is 39.7. The average Bonchev–Trinajstić information content (AvgIpc) is 2.99. The number of halogens is 4. The molecule has 2 heterocycles. The van der Waals surface area contributed by atoms with Gasteiger partial charge in [-0.3, -0.25) is 14.6 Å². The Morgan fingerprint density at radius 3 is 2.67 bits per heavy atom. The number of rotatable bonds is 3. The van der Waals surface area contributed by atoms with Crippen molar-refractivity contribution in [2.45, 2.75) is 12.7 Å². The number of aromatic amines is 1. The van der Waals surface area contributed by atoms with Gasteiger partial charge in [0.05, 0.1) is 22.9 Å². The Balaban J connectivity index is 2.15. The third-order valence-corrected chi connectivity index (χ3v) is 3.51. The normalized spacial score (nSPS) is 11.7. The predicted octanol–water partition coefficient (Wildman–Crippen LogP) is 2.20. The summed E-state index contributed by atoms with van der Waals surface area (Å²) in [6, 6.07) is 0.692. The molecule has 0 spiro atoms. The molecule has 0 aliphatic rings. The first-order valence-corrected chi connectivity index (χ1v) is 6.54. The molecule has 0 radical (unpaired) electrons.